The van der Waals surface area contributed by atoms with E-state index in [0.29, 0.717) is 5.69 Å². The molecule has 2 rings (SSSR count). The molecule has 0 radical (unpaired) electrons. The Morgan fingerprint density at radius 1 is 1.59 bits per heavy atom. The topological polar surface area (TPSA) is 67.2 Å². The zero-order valence-corrected chi connectivity index (χ0v) is 10.3. The lowest BCUT2D eigenvalue weighted by Crippen LogP contribution is -2.31. The summed E-state index contributed by atoms with van der Waals surface area (Å²) < 4.78 is 1.54. The van der Waals surface area contributed by atoms with Gasteiger partial charge < -0.3 is 10.4 Å². The molecule has 5 heteroatoms. The zero-order chi connectivity index (χ0) is 12.4. The first-order valence-corrected chi connectivity index (χ1v) is 6.11. The van der Waals surface area contributed by atoms with Gasteiger partial charge in [0, 0.05) is 13.0 Å². The van der Waals surface area contributed by atoms with Crippen molar-refractivity contribution in [3.05, 3.63) is 11.9 Å². The van der Waals surface area contributed by atoms with Crippen molar-refractivity contribution in [2.24, 2.45) is 13.0 Å². The van der Waals surface area contributed by atoms with Crippen molar-refractivity contribution in [3.63, 3.8) is 0 Å². The number of hydrogen-bond donors (Lipinski definition) is 2. The third-order valence-electron chi connectivity index (χ3n) is 3.33. The van der Waals surface area contributed by atoms with Crippen LogP contribution in [0.15, 0.2) is 6.20 Å². The highest BCUT2D eigenvalue weighted by atomic mass is 16.3. The van der Waals surface area contributed by atoms with Crippen LogP contribution in [0.25, 0.3) is 0 Å². The molecule has 1 atom stereocenters. The standard InChI is InChI=1S/C12H19N3O2/c1-8(11-10(16)7-15(2)14-11)13-12(17)9-5-3-4-6-9/h7-9,16H,3-6H2,1-2H3,(H,13,17). The van der Waals surface area contributed by atoms with Crippen molar-refractivity contribution in [2.75, 3.05) is 0 Å². The maximum absolute atomic E-state index is 11.9. The van der Waals surface area contributed by atoms with Gasteiger partial charge in [-0.05, 0) is 19.8 Å². The number of aromatic nitrogens is 2. The predicted molar refractivity (Wildman–Crippen MR) is 63.4 cm³/mol. The van der Waals surface area contributed by atoms with Crippen LogP contribution in [-0.4, -0.2) is 20.8 Å². The number of nitrogens with zero attached hydrogens (tertiary/aromatic N) is 2. The lowest BCUT2D eigenvalue weighted by molar-refractivity contribution is -0.125. The summed E-state index contributed by atoms with van der Waals surface area (Å²) in [5, 5.41) is 16.7. The van der Waals surface area contributed by atoms with Crippen LogP contribution in [0.5, 0.6) is 5.75 Å². The highest BCUT2D eigenvalue weighted by molar-refractivity contribution is 5.79. The quantitative estimate of drug-likeness (QED) is 0.837. The van der Waals surface area contributed by atoms with Crippen molar-refractivity contribution < 1.29 is 9.90 Å². The Morgan fingerprint density at radius 3 is 2.76 bits per heavy atom. The van der Waals surface area contributed by atoms with Gasteiger partial charge in [0.25, 0.3) is 0 Å². The Balaban J connectivity index is 1.98. The lowest BCUT2D eigenvalue weighted by atomic mass is 10.1. The Labute approximate surface area is 101 Å². The molecule has 1 amide bonds. The van der Waals surface area contributed by atoms with E-state index in [1.165, 1.54) is 6.20 Å². The number of hydrogen-bond acceptors (Lipinski definition) is 3. The number of aromatic hydroxyl groups is 1. The van der Waals surface area contributed by atoms with E-state index in [2.05, 4.69) is 10.4 Å². The van der Waals surface area contributed by atoms with Gasteiger partial charge in [0.2, 0.25) is 5.91 Å². The minimum absolute atomic E-state index is 0.0834. The van der Waals surface area contributed by atoms with Crippen molar-refractivity contribution in [2.45, 2.75) is 38.6 Å². The number of carbonyl (C=O) groups excluding carboxylic acids is 1. The molecular formula is C12H19N3O2. The van der Waals surface area contributed by atoms with Gasteiger partial charge in [-0.25, -0.2) is 0 Å². The molecule has 0 saturated heterocycles. The normalized spacial score (nSPS) is 18.2. The summed E-state index contributed by atoms with van der Waals surface area (Å²) in [6.07, 6.45) is 5.77. The van der Waals surface area contributed by atoms with Crippen LogP contribution in [-0.2, 0) is 11.8 Å². The first-order chi connectivity index (χ1) is 8.08. The second kappa shape index (κ2) is 4.77. The average Bonchev–Trinajstić information content (AvgIpc) is 2.87. The molecule has 1 aromatic heterocycles. The Kier molecular flexibility index (Phi) is 3.36. The summed E-state index contributed by atoms with van der Waals surface area (Å²) in [6.45, 7) is 1.84. The highest BCUT2D eigenvalue weighted by Gasteiger charge is 2.25. The van der Waals surface area contributed by atoms with E-state index in [1.54, 1.807) is 11.7 Å². The Hall–Kier alpha value is -1.52. The first kappa shape index (κ1) is 12.0. The fraction of sp³-hybridized carbons (Fsp3) is 0.667. The fourth-order valence-corrected chi connectivity index (χ4v) is 2.39. The van der Waals surface area contributed by atoms with Gasteiger partial charge in [0.1, 0.15) is 5.69 Å². The minimum atomic E-state index is -0.246. The molecule has 1 aromatic rings. The number of nitrogens with one attached hydrogen (secondary N) is 1. The van der Waals surface area contributed by atoms with E-state index < -0.39 is 0 Å². The molecule has 0 spiro atoms. The molecule has 1 aliphatic rings. The Bertz CT molecular complexity index is 408. The highest BCUT2D eigenvalue weighted by Crippen LogP contribution is 2.27. The summed E-state index contributed by atoms with van der Waals surface area (Å²) in [6, 6.07) is -0.246. The third-order valence-corrected chi connectivity index (χ3v) is 3.33. The van der Waals surface area contributed by atoms with Crippen molar-refractivity contribution in [3.8, 4) is 5.75 Å². The van der Waals surface area contributed by atoms with Gasteiger partial charge in [-0.3, -0.25) is 9.48 Å². The van der Waals surface area contributed by atoms with Crippen LogP contribution in [0.2, 0.25) is 0 Å². The van der Waals surface area contributed by atoms with E-state index in [4.69, 9.17) is 0 Å². The van der Waals surface area contributed by atoms with Crippen molar-refractivity contribution in [1.82, 2.24) is 15.1 Å². The molecule has 0 aromatic carbocycles. The molecule has 1 aliphatic carbocycles. The van der Waals surface area contributed by atoms with E-state index in [9.17, 15) is 9.90 Å². The van der Waals surface area contributed by atoms with E-state index in [0.717, 1.165) is 25.7 Å². The maximum Gasteiger partial charge on any atom is 0.223 e. The van der Waals surface area contributed by atoms with E-state index in [1.807, 2.05) is 6.92 Å². The van der Waals surface area contributed by atoms with E-state index in [-0.39, 0.29) is 23.6 Å². The summed E-state index contributed by atoms with van der Waals surface area (Å²) >= 11 is 0. The van der Waals surface area contributed by atoms with E-state index >= 15 is 0 Å². The SMILES string of the molecule is CC(NC(=O)C1CCCC1)c1nn(C)cc1O. The zero-order valence-electron chi connectivity index (χ0n) is 10.3. The van der Waals surface area contributed by atoms with Gasteiger partial charge >= 0.3 is 0 Å². The smallest absolute Gasteiger partial charge is 0.223 e. The van der Waals surface area contributed by atoms with Crippen LogP contribution in [0, 0.1) is 5.92 Å². The molecule has 0 bridgehead atoms. The molecule has 0 aliphatic heterocycles. The summed E-state index contributed by atoms with van der Waals surface area (Å²) in [4.78, 5) is 11.9. The number of rotatable bonds is 3. The first-order valence-electron chi connectivity index (χ1n) is 6.11. The average molecular weight is 237 g/mol. The molecule has 5 nitrogen and oxygen atoms in total. The van der Waals surface area contributed by atoms with Crippen molar-refractivity contribution in [1.29, 1.82) is 0 Å². The Morgan fingerprint density at radius 2 is 2.24 bits per heavy atom. The minimum Gasteiger partial charge on any atom is -0.504 e. The maximum atomic E-state index is 11.9. The molecular weight excluding hydrogens is 218 g/mol. The second-order valence-corrected chi connectivity index (χ2v) is 4.78. The molecule has 1 unspecified atom stereocenters. The molecule has 17 heavy (non-hydrogen) atoms. The molecule has 1 fully saturated rings. The van der Waals surface area contributed by atoms with Crippen LogP contribution in [0.4, 0.5) is 0 Å². The lowest BCUT2D eigenvalue weighted by Gasteiger charge is -2.15. The fourth-order valence-electron chi connectivity index (χ4n) is 2.39. The van der Waals surface area contributed by atoms with Gasteiger partial charge in [-0.2, -0.15) is 5.10 Å². The molecule has 1 heterocycles. The summed E-state index contributed by atoms with van der Waals surface area (Å²) in [5.41, 5.74) is 0.527. The summed E-state index contributed by atoms with van der Waals surface area (Å²) in [5.74, 6) is 0.357. The third kappa shape index (κ3) is 2.60. The van der Waals surface area contributed by atoms with Crippen LogP contribution < -0.4 is 5.32 Å². The molecule has 2 N–H and O–H groups in total. The second-order valence-electron chi connectivity index (χ2n) is 4.78. The van der Waals surface area contributed by atoms with Crippen LogP contribution >= 0.6 is 0 Å². The number of aryl methyl sites for hydroxylation is 1. The van der Waals surface area contributed by atoms with Gasteiger partial charge in [-0.1, -0.05) is 12.8 Å². The van der Waals surface area contributed by atoms with Gasteiger partial charge in [0.05, 0.1) is 12.2 Å². The van der Waals surface area contributed by atoms with Gasteiger partial charge in [0.15, 0.2) is 5.75 Å². The molecule has 1 saturated carbocycles. The molecule has 94 valence electrons. The largest absolute Gasteiger partial charge is 0.504 e. The monoisotopic (exact) mass is 237 g/mol. The van der Waals surface area contributed by atoms with Crippen molar-refractivity contribution >= 4 is 5.91 Å². The van der Waals surface area contributed by atoms with Crippen LogP contribution in [0.3, 0.4) is 0 Å². The van der Waals surface area contributed by atoms with Crippen LogP contribution in [0.1, 0.15) is 44.3 Å². The summed E-state index contributed by atoms with van der Waals surface area (Å²) in [7, 11) is 1.74. The number of carbonyl (C=O) groups is 1. The van der Waals surface area contributed by atoms with Gasteiger partial charge in [-0.15, -0.1) is 0 Å². The number of amides is 1. The predicted octanol–water partition coefficient (Wildman–Crippen LogP) is 1.49.